The van der Waals surface area contributed by atoms with Crippen molar-refractivity contribution in [2.24, 2.45) is 0 Å². The number of nitrogens with zero attached hydrogens (tertiary/aromatic N) is 4. The third kappa shape index (κ3) is 8.27. The molecule has 0 spiro atoms. The number of nitro groups is 1. The number of ether oxygens (including phenoxy) is 1. The first kappa shape index (κ1) is 30.2. The molecule has 0 unspecified atom stereocenters. The van der Waals surface area contributed by atoms with Crippen molar-refractivity contribution in [1.82, 2.24) is 14.6 Å². The zero-order valence-corrected chi connectivity index (χ0v) is 20.7. The van der Waals surface area contributed by atoms with Gasteiger partial charge in [0, 0.05) is 51.4 Å². The SMILES string of the molecule is COc1cccnc1N1CCN(C(=O)CCNS(=O)(=O)c2ccccc2[N+](=O)[O-])CC1.O=C(O)C(F)(F)F. The van der Waals surface area contributed by atoms with Crippen molar-refractivity contribution in [3.8, 4) is 5.75 Å². The number of nitro benzene ring substituents is 1. The Morgan fingerprint density at radius 1 is 1.16 bits per heavy atom. The fourth-order valence-electron chi connectivity index (χ4n) is 3.31. The molecule has 1 saturated heterocycles. The lowest BCUT2D eigenvalue weighted by Crippen LogP contribution is -2.49. The zero-order chi connectivity index (χ0) is 28.5. The van der Waals surface area contributed by atoms with Crippen LogP contribution in [0.1, 0.15) is 6.42 Å². The van der Waals surface area contributed by atoms with Crippen LogP contribution in [0.4, 0.5) is 24.7 Å². The van der Waals surface area contributed by atoms with Crippen molar-refractivity contribution in [1.29, 1.82) is 0 Å². The number of pyridine rings is 1. The predicted molar refractivity (Wildman–Crippen MR) is 126 cm³/mol. The summed E-state index contributed by atoms with van der Waals surface area (Å²) < 4.78 is 64.2. The second kappa shape index (κ2) is 13.0. The average molecular weight is 564 g/mol. The van der Waals surface area contributed by atoms with Gasteiger partial charge in [0.15, 0.2) is 16.5 Å². The van der Waals surface area contributed by atoms with Gasteiger partial charge in [-0.25, -0.2) is 22.9 Å². The Morgan fingerprint density at radius 2 is 1.76 bits per heavy atom. The summed E-state index contributed by atoms with van der Waals surface area (Å²) in [6, 6.07) is 8.68. The number of sulfonamides is 1. The van der Waals surface area contributed by atoms with Gasteiger partial charge in [-0.05, 0) is 18.2 Å². The van der Waals surface area contributed by atoms with Crippen LogP contribution in [-0.2, 0) is 19.6 Å². The minimum absolute atomic E-state index is 0.0488. The van der Waals surface area contributed by atoms with Crippen LogP contribution in [-0.4, -0.2) is 86.2 Å². The highest BCUT2D eigenvalue weighted by Gasteiger charge is 2.38. The molecule has 0 bridgehead atoms. The Morgan fingerprint density at radius 3 is 2.32 bits per heavy atom. The molecule has 17 heteroatoms. The van der Waals surface area contributed by atoms with Crippen LogP contribution in [0.25, 0.3) is 0 Å². The van der Waals surface area contributed by atoms with E-state index in [9.17, 15) is 36.5 Å². The number of amides is 1. The molecule has 0 atom stereocenters. The molecule has 3 rings (SSSR count). The Labute approximate surface area is 215 Å². The lowest BCUT2D eigenvalue weighted by atomic mass is 10.2. The summed E-state index contributed by atoms with van der Waals surface area (Å²) in [4.78, 5) is 39.3. The summed E-state index contributed by atoms with van der Waals surface area (Å²) in [5.41, 5.74) is -0.512. The largest absolute Gasteiger partial charge is 0.493 e. The molecule has 2 heterocycles. The van der Waals surface area contributed by atoms with E-state index in [0.29, 0.717) is 37.7 Å². The number of carbonyl (C=O) groups is 2. The van der Waals surface area contributed by atoms with E-state index in [2.05, 4.69) is 9.71 Å². The highest BCUT2D eigenvalue weighted by atomic mass is 32.2. The first-order valence-corrected chi connectivity index (χ1v) is 12.3. The van der Waals surface area contributed by atoms with Crippen molar-refractivity contribution in [3.63, 3.8) is 0 Å². The van der Waals surface area contributed by atoms with E-state index in [0.717, 1.165) is 12.1 Å². The van der Waals surface area contributed by atoms with Crippen LogP contribution < -0.4 is 14.4 Å². The molecule has 1 aromatic heterocycles. The summed E-state index contributed by atoms with van der Waals surface area (Å²) in [5, 5.41) is 18.2. The van der Waals surface area contributed by atoms with E-state index in [1.165, 1.54) is 12.1 Å². The minimum atomic E-state index is -5.08. The smallest absolute Gasteiger partial charge is 0.490 e. The lowest BCUT2D eigenvalue weighted by Gasteiger charge is -2.35. The molecular weight excluding hydrogens is 539 g/mol. The fourth-order valence-corrected chi connectivity index (χ4v) is 4.51. The number of carboxylic acids is 1. The van der Waals surface area contributed by atoms with Gasteiger partial charge in [0.2, 0.25) is 15.9 Å². The number of aromatic nitrogens is 1. The van der Waals surface area contributed by atoms with E-state index in [4.69, 9.17) is 14.6 Å². The summed E-state index contributed by atoms with van der Waals surface area (Å²) >= 11 is 0. The number of halogens is 3. The van der Waals surface area contributed by atoms with E-state index < -0.39 is 37.7 Å². The molecule has 0 aliphatic carbocycles. The topological polar surface area (TPSA) is 172 Å². The quantitative estimate of drug-likeness (QED) is 0.355. The molecule has 0 radical (unpaired) electrons. The van der Waals surface area contributed by atoms with Gasteiger partial charge in [0.25, 0.3) is 5.69 Å². The summed E-state index contributed by atoms with van der Waals surface area (Å²) in [6.07, 6.45) is -3.45. The third-order valence-corrected chi connectivity index (χ3v) is 6.64. The third-order valence-electron chi connectivity index (χ3n) is 5.13. The molecule has 38 heavy (non-hydrogen) atoms. The van der Waals surface area contributed by atoms with Crippen LogP contribution in [0.5, 0.6) is 5.75 Å². The number of rotatable bonds is 8. The van der Waals surface area contributed by atoms with Gasteiger partial charge in [0.1, 0.15) is 0 Å². The van der Waals surface area contributed by atoms with Gasteiger partial charge in [-0.1, -0.05) is 12.1 Å². The van der Waals surface area contributed by atoms with E-state index in [-0.39, 0.29) is 18.9 Å². The molecule has 2 N–H and O–H groups in total. The maximum Gasteiger partial charge on any atom is 0.490 e. The van der Waals surface area contributed by atoms with Gasteiger partial charge >= 0.3 is 12.1 Å². The predicted octanol–water partition coefficient (Wildman–Crippen LogP) is 1.65. The number of anilines is 1. The van der Waals surface area contributed by atoms with E-state index in [1.54, 1.807) is 24.3 Å². The summed E-state index contributed by atoms with van der Waals surface area (Å²) in [5.74, 6) is -1.58. The number of carbonyl (C=O) groups excluding carboxylic acids is 1. The molecule has 13 nitrogen and oxygen atoms in total. The molecule has 1 fully saturated rings. The molecule has 2 aromatic rings. The highest BCUT2D eigenvalue weighted by Crippen LogP contribution is 2.26. The fraction of sp³-hybridized carbons (Fsp3) is 0.381. The Hall–Kier alpha value is -3.99. The number of methoxy groups -OCH3 is 1. The monoisotopic (exact) mass is 563 g/mol. The number of aliphatic carboxylic acids is 1. The molecule has 0 saturated carbocycles. The number of para-hydroxylation sites is 1. The number of carboxylic acid groups (broad SMARTS) is 1. The van der Waals surface area contributed by atoms with Crippen LogP contribution in [0.3, 0.4) is 0 Å². The van der Waals surface area contributed by atoms with Crippen molar-refractivity contribution < 1.29 is 45.9 Å². The van der Waals surface area contributed by atoms with Gasteiger partial charge < -0.3 is 19.6 Å². The van der Waals surface area contributed by atoms with Crippen molar-refractivity contribution >= 4 is 33.4 Å². The molecule has 1 aromatic carbocycles. The van der Waals surface area contributed by atoms with Crippen LogP contribution in [0.15, 0.2) is 47.5 Å². The first-order chi connectivity index (χ1) is 17.8. The van der Waals surface area contributed by atoms with E-state index >= 15 is 0 Å². The number of hydrogen-bond donors (Lipinski definition) is 2. The number of alkyl halides is 3. The summed E-state index contributed by atoms with van der Waals surface area (Å²) in [7, 11) is -2.53. The normalized spacial score (nSPS) is 13.8. The van der Waals surface area contributed by atoms with Crippen molar-refractivity contribution in [2.45, 2.75) is 17.5 Å². The number of hydrogen-bond acceptors (Lipinski definition) is 9. The first-order valence-electron chi connectivity index (χ1n) is 10.8. The lowest BCUT2D eigenvalue weighted by molar-refractivity contribution is -0.387. The van der Waals surface area contributed by atoms with Crippen molar-refractivity contribution in [2.75, 3.05) is 44.7 Å². The molecule has 1 amide bonds. The standard InChI is InChI=1S/C19H23N5O6S.C2HF3O2/c1-30-16-6-4-9-20-19(16)23-13-11-22(12-14-23)18(25)8-10-21-31(28,29)17-7-3-2-5-15(17)24(26)27;3-2(4,5)1(6)7/h2-7,9,21H,8,10-14H2,1H3;(H,6,7). The Balaban J connectivity index is 0.000000638. The number of piperazine rings is 1. The molecule has 208 valence electrons. The maximum atomic E-state index is 12.5. The number of nitrogens with one attached hydrogen (secondary N) is 1. The van der Waals surface area contributed by atoms with Gasteiger partial charge in [0.05, 0.1) is 12.0 Å². The number of benzene rings is 1. The van der Waals surface area contributed by atoms with E-state index in [1.807, 2.05) is 11.0 Å². The van der Waals surface area contributed by atoms with Crippen molar-refractivity contribution in [3.05, 3.63) is 52.7 Å². The Kier molecular flexibility index (Phi) is 10.3. The highest BCUT2D eigenvalue weighted by molar-refractivity contribution is 7.89. The molecule has 1 aliphatic heterocycles. The minimum Gasteiger partial charge on any atom is -0.493 e. The van der Waals surface area contributed by atoms with Crippen LogP contribution in [0, 0.1) is 10.1 Å². The van der Waals surface area contributed by atoms with Gasteiger partial charge in [-0.2, -0.15) is 13.2 Å². The average Bonchev–Trinajstić information content (AvgIpc) is 2.88. The zero-order valence-electron chi connectivity index (χ0n) is 19.9. The second-order valence-electron chi connectivity index (χ2n) is 7.57. The van der Waals surface area contributed by atoms with Crippen LogP contribution in [0.2, 0.25) is 0 Å². The molecule has 1 aliphatic rings. The summed E-state index contributed by atoms with van der Waals surface area (Å²) in [6.45, 7) is 1.93. The van der Waals surface area contributed by atoms with Crippen LogP contribution >= 0.6 is 0 Å². The van der Waals surface area contributed by atoms with Gasteiger partial charge in [-0.3, -0.25) is 14.9 Å². The second-order valence-corrected chi connectivity index (χ2v) is 9.31. The molecular formula is C21H24F3N5O8S. The maximum absolute atomic E-state index is 12.5. The van der Waals surface area contributed by atoms with Gasteiger partial charge in [-0.15, -0.1) is 0 Å². The Bertz CT molecular complexity index is 1250.